The topological polar surface area (TPSA) is 115 Å². The number of carbonyl (C=O) groups excluding carboxylic acids is 1. The van der Waals surface area contributed by atoms with Gasteiger partial charge in [0.2, 0.25) is 0 Å². The van der Waals surface area contributed by atoms with Crippen LogP contribution in [-0.4, -0.2) is 36.3 Å². The van der Waals surface area contributed by atoms with E-state index in [2.05, 4.69) is 31.0 Å². The van der Waals surface area contributed by atoms with Gasteiger partial charge in [-0.1, -0.05) is 18.2 Å². The Balaban J connectivity index is 1.45. The quantitative estimate of drug-likeness (QED) is 0.568. The second-order valence-corrected chi connectivity index (χ2v) is 5.60. The first-order chi connectivity index (χ1) is 12.7. The van der Waals surface area contributed by atoms with E-state index in [1.54, 1.807) is 10.7 Å². The standard InChI is InChI=1S/C17H15N7O2/c1-11-7-8-15(26-11)13-9-14(20-19-13)17(25)18-10-16-21-22-23-24(16)12-5-3-2-4-6-12/h2-9H,10H2,1H3,(H,18,25)(H,19,20). The molecule has 0 bridgehead atoms. The molecule has 0 aliphatic heterocycles. The van der Waals surface area contributed by atoms with Crippen LogP contribution < -0.4 is 5.32 Å². The number of para-hydroxylation sites is 1. The normalized spacial score (nSPS) is 10.8. The first-order valence-corrected chi connectivity index (χ1v) is 7.94. The Bertz CT molecular complexity index is 1030. The van der Waals surface area contributed by atoms with Crippen molar-refractivity contribution in [2.45, 2.75) is 13.5 Å². The minimum absolute atomic E-state index is 0.169. The molecule has 0 spiro atoms. The van der Waals surface area contributed by atoms with Gasteiger partial charge in [0.15, 0.2) is 17.3 Å². The van der Waals surface area contributed by atoms with Gasteiger partial charge in [-0.3, -0.25) is 9.89 Å². The molecule has 0 radical (unpaired) electrons. The van der Waals surface area contributed by atoms with Gasteiger partial charge >= 0.3 is 0 Å². The summed E-state index contributed by atoms with van der Waals surface area (Å²) >= 11 is 0. The minimum atomic E-state index is -0.335. The largest absolute Gasteiger partial charge is 0.460 e. The number of aromatic nitrogens is 6. The number of nitrogens with zero attached hydrogens (tertiary/aromatic N) is 5. The van der Waals surface area contributed by atoms with E-state index in [1.165, 1.54) is 0 Å². The highest BCUT2D eigenvalue weighted by Gasteiger charge is 2.15. The van der Waals surface area contributed by atoms with Crippen LogP contribution in [0.3, 0.4) is 0 Å². The van der Waals surface area contributed by atoms with Crippen molar-refractivity contribution in [3.63, 3.8) is 0 Å². The van der Waals surface area contributed by atoms with Crippen LogP contribution in [-0.2, 0) is 6.54 Å². The van der Waals surface area contributed by atoms with E-state index in [-0.39, 0.29) is 18.1 Å². The van der Waals surface area contributed by atoms with Crippen molar-refractivity contribution in [1.82, 2.24) is 35.7 Å². The molecule has 4 aromatic rings. The number of carbonyl (C=O) groups is 1. The number of benzene rings is 1. The average Bonchev–Trinajstić information content (AvgIpc) is 3.40. The molecular weight excluding hydrogens is 334 g/mol. The lowest BCUT2D eigenvalue weighted by Crippen LogP contribution is -2.25. The Kier molecular flexibility index (Phi) is 4.02. The van der Waals surface area contributed by atoms with E-state index in [0.717, 1.165) is 11.4 Å². The third-order valence-corrected chi connectivity index (χ3v) is 3.76. The molecule has 0 aliphatic rings. The number of tetrazole rings is 1. The lowest BCUT2D eigenvalue weighted by Gasteiger charge is -2.05. The van der Waals surface area contributed by atoms with Crippen molar-refractivity contribution in [1.29, 1.82) is 0 Å². The molecule has 130 valence electrons. The van der Waals surface area contributed by atoms with E-state index in [1.807, 2.05) is 49.4 Å². The molecule has 0 fully saturated rings. The molecule has 9 heteroatoms. The molecule has 0 aliphatic carbocycles. The van der Waals surface area contributed by atoms with Gasteiger partial charge in [0.05, 0.1) is 12.2 Å². The van der Waals surface area contributed by atoms with Crippen LogP contribution in [0, 0.1) is 6.92 Å². The summed E-state index contributed by atoms with van der Waals surface area (Å²) in [5, 5.41) is 21.2. The molecule has 0 atom stereocenters. The van der Waals surface area contributed by atoms with Crippen LogP contribution in [0.25, 0.3) is 17.1 Å². The van der Waals surface area contributed by atoms with Crippen LogP contribution in [0.2, 0.25) is 0 Å². The summed E-state index contributed by atoms with van der Waals surface area (Å²) in [4.78, 5) is 12.3. The number of H-pyrrole nitrogens is 1. The summed E-state index contributed by atoms with van der Waals surface area (Å²) in [5.41, 5.74) is 1.71. The number of aromatic amines is 1. The van der Waals surface area contributed by atoms with Crippen molar-refractivity contribution in [2.75, 3.05) is 0 Å². The van der Waals surface area contributed by atoms with E-state index in [0.29, 0.717) is 17.3 Å². The molecule has 0 saturated heterocycles. The van der Waals surface area contributed by atoms with Gasteiger partial charge in [-0.15, -0.1) is 5.10 Å². The van der Waals surface area contributed by atoms with Gasteiger partial charge < -0.3 is 9.73 Å². The number of hydrogen-bond donors (Lipinski definition) is 2. The van der Waals surface area contributed by atoms with Gasteiger partial charge in [-0.05, 0) is 41.6 Å². The smallest absolute Gasteiger partial charge is 0.272 e. The Morgan fingerprint density at radius 1 is 1.23 bits per heavy atom. The summed E-state index contributed by atoms with van der Waals surface area (Å²) < 4.78 is 7.08. The summed E-state index contributed by atoms with van der Waals surface area (Å²) in [7, 11) is 0. The average molecular weight is 349 g/mol. The number of amides is 1. The predicted molar refractivity (Wildman–Crippen MR) is 91.4 cm³/mol. The Morgan fingerprint density at radius 2 is 2.08 bits per heavy atom. The summed E-state index contributed by atoms with van der Waals surface area (Å²) in [5.74, 6) is 1.59. The third kappa shape index (κ3) is 3.09. The number of rotatable bonds is 5. The molecule has 4 rings (SSSR count). The van der Waals surface area contributed by atoms with Gasteiger partial charge in [-0.2, -0.15) is 9.78 Å². The molecule has 3 heterocycles. The van der Waals surface area contributed by atoms with E-state index in [4.69, 9.17) is 4.42 Å². The Labute approximate surface area is 148 Å². The monoisotopic (exact) mass is 349 g/mol. The number of nitrogens with one attached hydrogen (secondary N) is 2. The maximum atomic E-state index is 12.3. The highest BCUT2D eigenvalue weighted by molar-refractivity contribution is 5.93. The molecule has 1 amide bonds. The van der Waals surface area contributed by atoms with Gasteiger partial charge in [-0.25, -0.2) is 0 Å². The van der Waals surface area contributed by atoms with Gasteiger partial charge in [0, 0.05) is 6.07 Å². The van der Waals surface area contributed by atoms with Crippen molar-refractivity contribution < 1.29 is 9.21 Å². The molecule has 26 heavy (non-hydrogen) atoms. The fourth-order valence-corrected chi connectivity index (χ4v) is 2.48. The number of furan rings is 1. The number of hydrogen-bond acceptors (Lipinski definition) is 6. The van der Waals surface area contributed by atoms with Crippen LogP contribution in [0.15, 0.2) is 52.9 Å². The maximum Gasteiger partial charge on any atom is 0.272 e. The van der Waals surface area contributed by atoms with Crippen molar-refractivity contribution >= 4 is 5.91 Å². The summed E-state index contributed by atoms with van der Waals surface area (Å²) in [6, 6.07) is 14.7. The highest BCUT2D eigenvalue weighted by atomic mass is 16.3. The van der Waals surface area contributed by atoms with Crippen LogP contribution in [0.5, 0.6) is 0 Å². The molecule has 9 nitrogen and oxygen atoms in total. The van der Waals surface area contributed by atoms with E-state index >= 15 is 0 Å². The van der Waals surface area contributed by atoms with Gasteiger partial charge in [0.1, 0.15) is 11.5 Å². The SMILES string of the molecule is Cc1ccc(-c2cc(C(=O)NCc3nnnn3-c3ccccc3)n[nH]2)o1. The predicted octanol–water partition coefficient (Wildman–Crippen LogP) is 1.88. The van der Waals surface area contributed by atoms with Crippen molar-refractivity contribution in [3.05, 3.63) is 65.8 Å². The molecule has 0 saturated carbocycles. The van der Waals surface area contributed by atoms with Crippen molar-refractivity contribution in [2.24, 2.45) is 0 Å². The minimum Gasteiger partial charge on any atom is -0.460 e. The van der Waals surface area contributed by atoms with Crippen LogP contribution in [0.4, 0.5) is 0 Å². The zero-order chi connectivity index (χ0) is 17.9. The molecule has 3 aromatic heterocycles. The van der Waals surface area contributed by atoms with Crippen molar-refractivity contribution in [3.8, 4) is 17.1 Å². The van der Waals surface area contributed by atoms with E-state index < -0.39 is 0 Å². The van der Waals surface area contributed by atoms with Gasteiger partial charge in [0.25, 0.3) is 5.91 Å². The first kappa shape index (κ1) is 15.8. The number of aryl methyl sites for hydroxylation is 1. The second-order valence-electron chi connectivity index (χ2n) is 5.60. The first-order valence-electron chi connectivity index (χ1n) is 7.94. The molecular formula is C17H15N7O2. The zero-order valence-corrected chi connectivity index (χ0v) is 13.9. The fraction of sp³-hybridized carbons (Fsp3) is 0.118. The summed E-state index contributed by atoms with van der Waals surface area (Å²) in [6.45, 7) is 2.02. The van der Waals surface area contributed by atoms with Crippen LogP contribution in [0.1, 0.15) is 22.1 Å². The molecule has 1 aromatic carbocycles. The zero-order valence-electron chi connectivity index (χ0n) is 13.9. The second kappa shape index (κ2) is 6.63. The fourth-order valence-electron chi connectivity index (χ4n) is 2.48. The lowest BCUT2D eigenvalue weighted by atomic mass is 10.3. The maximum absolute atomic E-state index is 12.3. The Morgan fingerprint density at radius 3 is 2.85 bits per heavy atom. The summed E-state index contributed by atoms with van der Waals surface area (Å²) in [6.07, 6.45) is 0. The molecule has 0 unspecified atom stereocenters. The highest BCUT2D eigenvalue weighted by Crippen LogP contribution is 2.20. The molecule has 2 N–H and O–H groups in total. The van der Waals surface area contributed by atoms with Crippen LogP contribution >= 0.6 is 0 Å². The third-order valence-electron chi connectivity index (χ3n) is 3.76. The lowest BCUT2D eigenvalue weighted by molar-refractivity contribution is 0.0944. The Hall–Kier alpha value is -3.75. The van der Waals surface area contributed by atoms with E-state index in [9.17, 15) is 4.79 Å².